The van der Waals surface area contributed by atoms with Crippen LogP contribution in [0.1, 0.15) is 11.1 Å². The van der Waals surface area contributed by atoms with Crippen LogP contribution >= 0.6 is 23.2 Å². The van der Waals surface area contributed by atoms with Crippen LogP contribution in [0.3, 0.4) is 0 Å². The average molecular weight is 365 g/mol. The summed E-state index contributed by atoms with van der Waals surface area (Å²) < 4.78 is 25.1. The Morgan fingerprint density at radius 3 is 2.30 bits per heavy atom. The molecule has 0 aliphatic heterocycles. The number of rotatable bonds is 4. The highest BCUT2D eigenvalue weighted by molar-refractivity contribution is 7.89. The quantitative estimate of drug-likeness (QED) is 0.632. The topological polar surface area (TPSA) is 34.1 Å². The van der Waals surface area contributed by atoms with Crippen molar-refractivity contribution in [2.75, 3.05) is 0 Å². The summed E-state index contributed by atoms with van der Waals surface area (Å²) in [5.74, 6) is -0.0677. The molecule has 3 rings (SSSR count). The molecular formula is C18H14Cl2O2S. The third kappa shape index (κ3) is 3.86. The third-order valence-electron chi connectivity index (χ3n) is 3.63. The summed E-state index contributed by atoms with van der Waals surface area (Å²) in [7, 11) is -3.31. The van der Waals surface area contributed by atoms with E-state index in [2.05, 4.69) is 0 Å². The summed E-state index contributed by atoms with van der Waals surface area (Å²) >= 11 is 11.8. The van der Waals surface area contributed by atoms with E-state index in [1.54, 1.807) is 18.2 Å². The van der Waals surface area contributed by atoms with E-state index < -0.39 is 9.84 Å². The molecule has 5 heteroatoms. The van der Waals surface area contributed by atoms with Gasteiger partial charge in [0, 0.05) is 0 Å². The van der Waals surface area contributed by atoms with E-state index in [4.69, 9.17) is 23.2 Å². The first-order valence-corrected chi connectivity index (χ1v) is 9.63. The van der Waals surface area contributed by atoms with E-state index >= 15 is 0 Å². The molecule has 0 aromatic heterocycles. The monoisotopic (exact) mass is 364 g/mol. The van der Waals surface area contributed by atoms with Crippen molar-refractivity contribution >= 4 is 43.8 Å². The van der Waals surface area contributed by atoms with Crippen LogP contribution in [-0.4, -0.2) is 8.42 Å². The van der Waals surface area contributed by atoms with Crippen LogP contribution in [0.4, 0.5) is 0 Å². The van der Waals surface area contributed by atoms with Crippen LogP contribution in [0.5, 0.6) is 0 Å². The minimum absolute atomic E-state index is 0.00536. The Bertz CT molecular complexity index is 960. The van der Waals surface area contributed by atoms with Gasteiger partial charge in [0.15, 0.2) is 9.84 Å². The second kappa shape index (κ2) is 6.52. The molecule has 0 saturated heterocycles. The molecule has 0 heterocycles. The molecule has 118 valence electrons. The molecule has 0 N–H and O–H groups in total. The smallest absolute Gasteiger partial charge is 0.158 e. The van der Waals surface area contributed by atoms with Crippen molar-refractivity contribution in [1.82, 2.24) is 0 Å². The van der Waals surface area contributed by atoms with Gasteiger partial charge in [-0.05, 0) is 34.0 Å². The fourth-order valence-electron chi connectivity index (χ4n) is 2.59. The lowest BCUT2D eigenvalue weighted by Crippen LogP contribution is -2.08. The second-order valence-electron chi connectivity index (χ2n) is 5.42. The number of benzene rings is 3. The maximum atomic E-state index is 12.5. The molecule has 0 aliphatic carbocycles. The summed E-state index contributed by atoms with van der Waals surface area (Å²) in [4.78, 5) is 0. The molecule has 0 spiro atoms. The molecule has 0 radical (unpaired) electrons. The molecule has 0 bridgehead atoms. The van der Waals surface area contributed by atoms with E-state index in [-0.39, 0.29) is 11.5 Å². The van der Waals surface area contributed by atoms with Gasteiger partial charge in [0.25, 0.3) is 0 Å². The number of hydrogen-bond donors (Lipinski definition) is 0. The maximum absolute atomic E-state index is 12.5. The highest BCUT2D eigenvalue weighted by atomic mass is 35.5. The Kier molecular flexibility index (Phi) is 4.62. The van der Waals surface area contributed by atoms with E-state index in [0.717, 1.165) is 16.3 Å². The number of hydrogen-bond acceptors (Lipinski definition) is 2. The van der Waals surface area contributed by atoms with Gasteiger partial charge < -0.3 is 0 Å². The van der Waals surface area contributed by atoms with E-state index in [1.165, 1.54) is 0 Å². The van der Waals surface area contributed by atoms with Crippen molar-refractivity contribution in [3.8, 4) is 0 Å². The molecule has 0 aliphatic rings. The van der Waals surface area contributed by atoms with Crippen molar-refractivity contribution in [2.24, 2.45) is 0 Å². The zero-order valence-corrected chi connectivity index (χ0v) is 14.5. The molecule has 3 aromatic rings. The lowest BCUT2D eigenvalue weighted by Gasteiger charge is -2.09. The lowest BCUT2D eigenvalue weighted by molar-refractivity contribution is 0.594. The van der Waals surface area contributed by atoms with Gasteiger partial charge in [-0.25, -0.2) is 8.42 Å². The van der Waals surface area contributed by atoms with Crippen molar-refractivity contribution in [3.05, 3.63) is 81.8 Å². The predicted octanol–water partition coefficient (Wildman–Crippen LogP) is 5.26. The number of sulfone groups is 1. The summed E-state index contributed by atoms with van der Waals surface area (Å²) in [6.45, 7) is 0. The van der Waals surface area contributed by atoms with Gasteiger partial charge in [0.05, 0.1) is 21.6 Å². The van der Waals surface area contributed by atoms with Crippen LogP contribution in [0.25, 0.3) is 10.8 Å². The molecule has 0 fully saturated rings. The van der Waals surface area contributed by atoms with Gasteiger partial charge >= 0.3 is 0 Å². The molecule has 2 nitrogen and oxygen atoms in total. The Morgan fingerprint density at radius 2 is 1.52 bits per heavy atom. The van der Waals surface area contributed by atoms with E-state index in [0.29, 0.717) is 15.6 Å². The van der Waals surface area contributed by atoms with Crippen LogP contribution < -0.4 is 0 Å². The van der Waals surface area contributed by atoms with E-state index in [9.17, 15) is 8.42 Å². The third-order valence-corrected chi connectivity index (χ3v) is 5.89. The molecule has 23 heavy (non-hydrogen) atoms. The number of halogens is 2. The number of fused-ring (bicyclic) bond motifs is 1. The van der Waals surface area contributed by atoms with Crippen molar-refractivity contribution in [3.63, 3.8) is 0 Å². The van der Waals surface area contributed by atoms with Crippen LogP contribution in [0.15, 0.2) is 60.7 Å². The minimum atomic E-state index is -3.31. The standard InChI is InChI=1S/C18H14Cl2O2S/c19-17-9-8-13(10-18(17)20)11-23(21,22)12-15-6-3-5-14-4-1-2-7-16(14)15/h1-10H,11-12H2. The Morgan fingerprint density at radius 1 is 0.783 bits per heavy atom. The van der Waals surface area contributed by atoms with Crippen LogP contribution in [-0.2, 0) is 21.3 Å². The van der Waals surface area contributed by atoms with E-state index in [1.807, 2.05) is 42.5 Å². The SMILES string of the molecule is O=S(=O)(Cc1ccc(Cl)c(Cl)c1)Cc1cccc2ccccc12. The van der Waals surface area contributed by atoms with Gasteiger partial charge in [0.1, 0.15) is 0 Å². The summed E-state index contributed by atoms with van der Waals surface area (Å²) in [6, 6.07) is 18.4. The molecular weight excluding hydrogens is 351 g/mol. The maximum Gasteiger partial charge on any atom is 0.158 e. The Balaban J connectivity index is 1.89. The zero-order chi connectivity index (χ0) is 16.4. The van der Waals surface area contributed by atoms with Crippen LogP contribution in [0.2, 0.25) is 10.0 Å². The first kappa shape index (κ1) is 16.3. The van der Waals surface area contributed by atoms with Crippen molar-refractivity contribution < 1.29 is 8.42 Å². The van der Waals surface area contributed by atoms with Gasteiger partial charge in [-0.3, -0.25) is 0 Å². The average Bonchev–Trinajstić information content (AvgIpc) is 2.51. The summed E-state index contributed by atoms with van der Waals surface area (Å²) in [6.07, 6.45) is 0. The predicted molar refractivity (Wildman–Crippen MR) is 96.7 cm³/mol. The molecule has 0 saturated carbocycles. The highest BCUT2D eigenvalue weighted by Crippen LogP contribution is 2.25. The summed E-state index contributed by atoms with van der Waals surface area (Å²) in [5, 5.41) is 2.79. The zero-order valence-electron chi connectivity index (χ0n) is 12.2. The molecule has 0 unspecified atom stereocenters. The summed E-state index contributed by atoms with van der Waals surface area (Å²) in [5.41, 5.74) is 1.45. The first-order chi connectivity index (χ1) is 10.9. The van der Waals surface area contributed by atoms with Gasteiger partial charge in [0.2, 0.25) is 0 Å². The largest absolute Gasteiger partial charge is 0.228 e. The minimum Gasteiger partial charge on any atom is -0.228 e. The van der Waals surface area contributed by atoms with Gasteiger partial charge in [-0.15, -0.1) is 0 Å². The fraction of sp³-hybridized carbons (Fsp3) is 0.111. The highest BCUT2D eigenvalue weighted by Gasteiger charge is 2.15. The fourth-order valence-corrected chi connectivity index (χ4v) is 4.43. The first-order valence-electron chi connectivity index (χ1n) is 7.06. The van der Waals surface area contributed by atoms with Gasteiger partial charge in [-0.2, -0.15) is 0 Å². The van der Waals surface area contributed by atoms with Crippen molar-refractivity contribution in [2.45, 2.75) is 11.5 Å². The Hall–Kier alpha value is -1.55. The molecule has 0 amide bonds. The molecule has 0 atom stereocenters. The molecule has 3 aromatic carbocycles. The van der Waals surface area contributed by atoms with Gasteiger partial charge in [-0.1, -0.05) is 71.7 Å². The van der Waals surface area contributed by atoms with Crippen LogP contribution in [0, 0.1) is 0 Å². The van der Waals surface area contributed by atoms with Crippen molar-refractivity contribution in [1.29, 1.82) is 0 Å². The second-order valence-corrected chi connectivity index (χ2v) is 8.30. The lowest BCUT2D eigenvalue weighted by atomic mass is 10.1. The normalized spacial score (nSPS) is 11.7. The Labute approximate surface area is 145 Å².